The molecule has 1 aromatic carbocycles. The van der Waals surface area contributed by atoms with Crippen LogP contribution < -0.4 is 0 Å². The molecule has 1 aromatic rings. The number of ether oxygens (including phenoxy) is 1. The molecule has 0 saturated heterocycles. The number of ketones is 1. The highest BCUT2D eigenvalue weighted by Crippen LogP contribution is 2.40. The largest absolute Gasteiger partial charge is 0.506 e. The van der Waals surface area contributed by atoms with Crippen LogP contribution in [0.1, 0.15) is 22.8 Å². The number of carbonyl (C=O) groups is 2. The molecule has 0 fully saturated rings. The summed E-state index contributed by atoms with van der Waals surface area (Å²) in [4.78, 5) is 22.6. The Morgan fingerprint density at radius 1 is 1.37 bits per heavy atom. The molecule has 0 aliphatic heterocycles. The molecule has 4 nitrogen and oxygen atoms in total. The maximum atomic E-state index is 12.6. The van der Waals surface area contributed by atoms with E-state index >= 15 is 0 Å². The van der Waals surface area contributed by atoms with Crippen molar-refractivity contribution in [3.05, 3.63) is 28.3 Å². The molecule has 0 aliphatic rings. The van der Waals surface area contributed by atoms with E-state index in [2.05, 4.69) is 4.74 Å². The third-order valence-corrected chi connectivity index (χ3v) is 2.38. The minimum absolute atomic E-state index is 0.0947. The van der Waals surface area contributed by atoms with Gasteiger partial charge in [0.1, 0.15) is 5.75 Å². The van der Waals surface area contributed by atoms with Crippen LogP contribution in [-0.2, 0) is 15.7 Å². The number of esters is 1. The second kappa shape index (κ2) is 5.48. The quantitative estimate of drug-likeness (QED) is 0.529. The van der Waals surface area contributed by atoms with E-state index in [9.17, 15) is 27.9 Å². The predicted octanol–water partition coefficient (Wildman–Crippen LogP) is 2.81. The average molecular weight is 297 g/mol. The Morgan fingerprint density at radius 2 is 1.95 bits per heavy atom. The zero-order valence-electron chi connectivity index (χ0n) is 9.55. The molecule has 0 heterocycles. The molecule has 0 aromatic heterocycles. The zero-order valence-corrected chi connectivity index (χ0v) is 10.3. The van der Waals surface area contributed by atoms with E-state index in [-0.39, 0.29) is 6.61 Å². The van der Waals surface area contributed by atoms with Gasteiger partial charge in [-0.1, -0.05) is 11.6 Å². The molecule has 0 spiro atoms. The summed E-state index contributed by atoms with van der Waals surface area (Å²) in [5, 5.41) is 8.52. The molecule has 0 unspecified atom stereocenters. The molecule has 0 bridgehead atoms. The van der Waals surface area contributed by atoms with Crippen LogP contribution >= 0.6 is 11.6 Å². The topological polar surface area (TPSA) is 63.6 Å². The van der Waals surface area contributed by atoms with Crippen molar-refractivity contribution in [2.45, 2.75) is 13.1 Å². The van der Waals surface area contributed by atoms with Crippen LogP contribution in [0.5, 0.6) is 5.75 Å². The minimum atomic E-state index is -4.90. The van der Waals surface area contributed by atoms with Gasteiger partial charge in [-0.05, 0) is 19.1 Å². The van der Waals surface area contributed by atoms with Crippen molar-refractivity contribution in [3.8, 4) is 5.75 Å². The number of phenols is 1. The highest BCUT2D eigenvalue weighted by atomic mass is 35.5. The number of Topliss-reactive ketones (excluding diaryl/α,β-unsaturated/α-hetero) is 1. The second-order valence-corrected chi connectivity index (χ2v) is 3.81. The van der Waals surface area contributed by atoms with Gasteiger partial charge in [-0.3, -0.25) is 4.79 Å². The van der Waals surface area contributed by atoms with Crippen LogP contribution in [0.2, 0.25) is 5.02 Å². The molecule has 0 aliphatic carbocycles. The van der Waals surface area contributed by atoms with Gasteiger partial charge in [-0.25, -0.2) is 4.79 Å². The van der Waals surface area contributed by atoms with Gasteiger partial charge in [0.25, 0.3) is 5.78 Å². The van der Waals surface area contributed by atoms with Crippen LogP contribution in [0.15, 0.2) is 12.1 Å². The van der Waals surface area contributed by atoms with Crippen LogP contribution in [0, 0.1) is 0 Å². The summed E-state index contributed by atoms with van der Waals surface area (Å²) in [6.45, 7) is 1.35. The number of benzene rings is 1. The number of hydrogen-bond acceptors (Lipinski definition) is 4. The lowest BCUT2D eigenvalue weighted by Gasteiger charge is -2.11. The minimum Gasteiger partial charge on any atom is -0.506 e. The Labute approximate surface area is 110 Å². The van der Waals surface area contributed by atoms with Crippen LogP contribution in [0.3, 0.4) is 0 Å². The average Bonchev–Trinajstić information content (AvgIpc) is 2.30. The predicted molar refractivity (Wildman–Crippen MR) is 59.1 cm³/mol. The first-order valence-corrected chi connectivity index (χ1v) is 5.37. The van der Waals surface area contributed by atoms with E-state index in [4.69, 9.17) is 11.6 Å². The fourth-order valence-electron chi connectivity index (χ4n) is 1.26. The molecule has 8 heteroatoms. The Morgan fingerprint density at radius 3 is 2.42 bits per heavy atom. The number of rotatable bonds is 3. The summed E-state index contributed by atoms with van der Waals surface area (Å²) in [6, 6.07) is 1.12. The highest BCUT2D eigenvalue weighted by Gasteiger charge is 2.36. The Balaban J connectivity index is 3.29. The summed E-state index contributed by atoms with van der Waals surface area (Å²) >= 11 is 5.40. The SMILES string of the molecule is CCOC(=O)C(=O)c1cc(Cl)c(O)c(C(F)(F)F)c1. The number of phenolic OH excluding ortho intramolecular Hbond substituents is 1. The molecule has 0 radical (unpaired) electrons. The molecule has 104 valence electrons. The zero-order chi connectivity index (χ0) is 14.8. The number of carbonyl (C=O) groups excluding carboxylic acids is 2. The highest BCUT2D eigenvalue weighted by molar-refractivity contribution is 6.41. The van der Waals surface area contributed by atoms with Gasteiger partial charge in [0.05, 0.1) is 17.2 Å². The molecular weight excluding hydrogens is 289 g/mol. The number of hydrogen-bond donors (Lipinski definition) is 1. The molecule has 0 atom stereocenters. The van der Waals surface area contributed by atoms with Crippen molar-refractivity contribution in [2.75, 3.05) is 6.61 Å². The van der Waals surface area contributed by atoms with Crippen molar-refractivity contribution in [1.82, 2.24) is 0 Å². The van der Waals surface area contributed by atoms with Crippen LogP contribution in [0.25, 0.3) is 0 Å². The Bertz CT molecular complexity index is 525. The summed E-state index contributed by atoms with van der Waals surface area (Å²) < 4.78 is 42.1. The molecule has 1 rings (SSSR count). The van der Waals surface area contributed by atoms with E-state index in [0.29, 0.717) is 6.07 Å². The first kappa shape index (κ1) is 15.3. The lowest BCUT2D eigenvalue weighted by Crippen LogP contribution is -2.18. The monoisotopic (exact) mass is 296 g/mol. The van der Waals surface area contributed by atoms with Gasteiger partial charge in [0.2, 0.25) is 0 Å². The molecule has 0 amide bonds. The van der Waals surface area contributed by atoms with Gasteiger partial charge < -0.3 is 9.84 Å². The van der Waals surface area contributed by atoms with Crippen molar-refractivity contribution in [1.29, 1.82) is 0 Å². The summed E-state index contributed by atoms with van der Waals surface area (Å²) in [6.07, 6.45) is -4.90. The number of alkyl halides is 3. The standard InChI is InChI=1S/C11H8ClF3O4/c1-2-19-10(18)8(16)5-3-6(11(13,14)15)9(17)7(12)4-5/h3-4,17H,2H2,1H3. The number of halogens is 4. The van der Waals surface area contributed by atoms with Gasteiger partial charge in [-0.15, -0.1) is 0 Å². The van der Waals surface area contributed by atoms with E-state index in [1.54, 1.807) is 0 Å². The Hall–Kier alpha value is -1.76. The first-order valence-electron chi connectivity index (χ1n) is 4.99. The Kier molecular flexibility index (Phi) is 4.41. The van der Waals surface area contributed by atoms with E-state index in [0.717, 1.165) is 6.07 Å². The molecule has 0 saturated carbocycles. The van der Waals surface area contributed by atoms with Crippen molar-refractivity contribution >= 4 is 23.4 Å². The van der Waals surface area contributed by atoms with Crippen molar-refractivity contribution < 1.29 is 32.6 Å². The lowest BCUT2D eigenvalue weighted by atomic mass is 10.1. The number of aromatic hydroxyl groups is 1. The lowest BCUT2D eigenvalue weighted by molar-refractivity contribution is -0.139. The second-order valence-electron chi connectivity index (χ2n) is 3.40. The summed E-state index contributed by atoms with van der Waals surface area (Å²) in [7, 11) is 0. The fraction of sp³-hybridized carbons (Fsp3) is 0.273. The van der Waals surface area contributed by atoms with Gasteiger partial charge in [0.15, 0.2) is 0 Å². The van der Waals surface area contributed by atoms with Crippen LogP contribution in [0.4, 0.5) is 13.2 Å². The maximum absolute atomic E-state index is 12.6. The van der Waals surface area contributed by atoms with Crippen LogP contribution in [-0.4, -0.2) is 23.5 Å². The normalized spacial score (nSPS) is 11.2. The van der Waals surface area contributed by atoms with Crippen molar-refractivity contribution in [3.63, 3.8) is 0 Å². The maximum Gasteiger partial charge on any atom is 0.420 e. The van der Waals surface area contributed by atoms with Gasteiger partial charge >= 0.3 is 12.1 Å². The summed E-state index contributed by atoms with van der Waals surface area (Å²) in [5.74, 6) is -3.76. The van der Waals surface area contributed by atoms with Gasteiger partial charge in [-0.2, -0.15) is 13.2 Å². The van der Waals surface area contributed by atoms with E-state index < -0.39 is 39.8 Å². The third kappa shape index (κ3) is 3.37. The molecule has 1 N–H and O–H groups in total. The van der Waals surface area contributed by atoms with E-state index in [1.807, 2.05) is 0 Å². The summed E-state index contributed by atoms with van der Waals surface area (Å²) in [5.41, 5.74) is -2.10. The molecular formula is C11H8ClF3O4. The smallest absolute Gasteiger partial charge is 0.420 e. The van der Waals surface area contributed by atoms with Gasteiger partial charge in [0, 0.05) is 5.56 Å². The van der Waals surface area contributed by atoms with E-state index in [1.165, 1.54) is 6.92 Å². The first-order chi connectivity index (χ1) is 8.68. The fourth-order valence-corrected chi connectivity index (χ4v) is 1.48. The third-order valence-electron chi connectivity index (χ3n) is 2.09. The van der Waals surface area contributed by atoms with Crippen molar-refractivity contribution in [2.24, 2.45) is 0 Å². The molecule has 19 heavy (non-hydrogen) atoms.